The van der Waals surface area contributed by atoms with E-state index < -0.39 is 6.04 Å². The van der Waals surface area contributed by atoms with Crippen molar-refractivity contribution < 1.29 is 4.79 Å². The molecule has 2 unspecified atom stereocenters. The van der Waals surface area contributed by atoms with Crippen LogP contribution in [0.4, 0.5) is 0 Å². The fraction of sp³-hybridized carbons (Fsp3) is 0.857. The van der Waals surface area contributed by atoms with Crippen molar-refractivity contribution in [3.63, 3.8) is 0 Å². The average molecular weight is 174 g/mol. The molecule has 1 aliphatic heterocycles. The normalized spacial score (nSPS) is 33.6. The predicted octanol–water partition coefficient (Wildman–Crippen LogP) is 0.0847. The second kappa shape index (κ2) is 3.03. The average Bonchev–Trinajstić information content (AvgIpc) is 2.35. The van der Waals surface area contributed by atoms with Crippen molar-refractivity contribution in [2.24, 2.45) is 11.5 Å². The summed E-state index contributed by atoms with van der Waals surface area (Å²) in [5.41, 5.74) is 10.8. The zero-order valence-electron chi connectivity index (χ0n) is 6.67. The minimum Gasteiger partial charge on any atom is -0.368 e. The van der Waals surface area contributed by atoms with Crippen LogP contribution in [-0.2, 0) is 4.79 Å². The van der Waals surface area contributed by atoms with Gasteiger partial charge in [0.05, 0.1) is 6.04 Å². The number of primary amides is 1. The third-order valence-corrected chi connectivity index (χ3v) is 3.82. The van der Waals surface area contributed by atoms with Gasteiger partial charge in [0.1, 0.15) is 0 Å². The van der Waals surface area contributed by atoms with E-state index in [0.717, 1.165) is 18.6 Å². The fourth-order valence-corrected chi connectivity index (χ4v) is 2.69. The second-order valence-electron chi connectivity index (χ2n) is 3.14. The lowest BCUT2D eigenvalue weighted by Crippen LogP contribution is -2.50. The minimum atomic E-state index is -0.491. The Morgan fingerprint density at radius 3 is 2.73 bits per heavy atom. The van der Waals surface area contributed by atoms with Crippen molar-refractivity contribution in [3.8, 4) is 0 Å². The van der Waals surface area contributed by atoms with Crippen LogP contribution < -0.4 is 11.5 Å². The molecule has 0 aromatic rings. The number of amides is 1. The van der Waals surface area contributed by atoms with E-state index in [9.17, 15) is 4.79 Å². The van der Waals surface area contributed by atoms with E-state index in [1.165, 1.54) is 0 Å². The minimum absolute atomic E-state index is 0.105. The Kier molecular flexibility index (Phi) is 2.44. The topological polar surface area (TPSA) is 69.1 Å². The van der Waals surface area contributed by atoms with Crippen LogP contribution in [0.2, 0.25) is 0 Å². The van der Waals surface area contributed by atoms with Crippen molar-refractivity contribution in [1.82, 2.24) is 0 Å². The van der Waals surface area contributed by atoms with E-state index in [4.69, 9.17) is 11.5 Å². The molecule has 1 heterocycles. The molecule has 0 aliphatic carbocycles. The van der Waals surface area contributed by atoms with Crippen LogP contribution in [-0.4, -0.2) is 22.4 Å². The highest BCUT2D eigenvalue weighted by molar-refractivity contribution is 8.01. The highest BCUT2D eigenvalue weighted by Crippen LogP contribution is 2.39. The zero-order chi connectivity index (χ0) is 8.48. The summed E-state index contributed by atoms with van der Waals surface area (Å²) in [5, 5.41) is 0. The first kappa shape index (κ1) is 8.87. The largest absolute Gasteiger partial charge is 0.368 e. The molecule has 1 fully saturated rings. The zero-order valence-corrected chi connectivity index (χ0v) is 7.49. The molecule has 0 bridgehead atoms. The number of carbonyl (C=O) groups is 1. The van der Waals surface area contributed by atoms with Crippen LogP contribution >= 0.6 is 11.8 Å². The van der Waals surface area contributed by atoms with Crippen molar-refractivity contribution in [1.29, 1.82) is 0 Å². The molecule has 1 saturated heterocycles. The van der Waals surface area contributed by atoms with E-state index in [0.29, 0.717) is 0 Å². The number of nitrogens with two attached hydrogens (primary N) is 2. The number of rotatable bonds is 2. The maximum absolute atomic E-state index is 10.8. The van der Waals surface area contributed by atoms with Gasteiger partial charge in [0.2, 0.25) is 5.91 Å². The SMILES string of the molecule is CC1(C(N)C(N)=O)CCCS1. The van der Waals surface area contributed by atoms with Crippen LogP contribution in [0.1, 0.15) is 19.8 Å². The van der Waals surface area contributed by atoms with Gasteiger partial charge < -0.3 is 11.5 Å². The lowest BCUT2D eigenvalue weighted by atomic mass is 9.96. The summed E-state index contributed by atoms with van der Waals surface area (Å²) in [7, 11) is 0. The molecule has 0 aromatic carbocycles. The summed E-state index contributed by atoms with van der Waals surface area (Å²) < 4.78 is -0.105. The van der Waals surface area contributed by atoms with E-state index in [1.807, 2.05) is 6.92 Å². The van der Waals surface area contributed by atoms with E-state index >= 15 is 0 Å². The highest BCUT2D eigenvalue weighted by Gasteiger charge is 2.38. The highest BCUT2D eigenvalue weighted by atomic mass is 32.2. The summed E-state index contributed by atoms with van der Waals surface area (Å²) in [6.07, 6.45) is 2.14. The third-order valence-electron chi connectivity index (χ3n) is 2.21. The first-order valence-electron chi connectivity index (χ1n) is 3.75. The van der Waals surface area contributed by atoms with Gasteiger partial charge in [-0.1, -0.05) is 0 Å². The molecule has 4 N–H and O–H groups in total. The molecule has 64 valence electrons. The van der Waals surface area contributed by atoms with E-state index in [1.54, 1.807) is 11.8 Å². The van der Waals surface area contributed by atoms with Gasteiger partial charge in [-0.3, -0.25) is 4.79 Å². The van der Waals surface area contributed by atoms with Gasteiger partial charge in [0.25, 0.3) is 0 Å². The smallest absolute Gasteiger partial charge is 0.235 e. The molecule has 11 heavy (non-hydrogen) atoms. The summed E-state index contributed by atoms with van der Waals surface area (Å²) >= 11 is 1.76. The number of hydrogen-bond donors (Lipinski definition) is 2. The van der Waals surface area contributed by atoms with E-state index in [-0.39, 0.29) is 10.7 Å². The first-order chi connectivity index (χ1) is 5.06. The number of hydrogen-bond acceptors (Lipinski definition) is 3. The maximum Gasteiger partial charge on any atom is 0.235 e. The van der Waals surface area contributed by atoms with Crippen molar-refractivity contribution >= 4 is 17.7 Å². The Labute approximate surface area is 70.9 Å². The van der Waals surface area contributed by atoms with Crippen molar-refractivity contribution in [3.05, 3.63) is 0 Å². The third kappa shape index (κ3) is 1.68. The summed E-state index contributed by atoms with van der Waals surface area (Å²) in [5.74, 6) is 0.708. The fourth-order valence-electron chi connectivity index (χ4n) is 1.35. The molecule has 1 amide bonds. The molecule has 0 aromatic heterocycles. The van der Waals surface area contributed by atoms with Crippen molar-refractivity contribution in [2.75, 3.05) is 5.75 Å². The van der Waals surface area contributed by atoms with Crippen LogP contribution in [0.25, 0.3) is 0 Å². The van der Waals surface area contributed by atoms with Gasteiger partial charge in [-0.25, -0.2) is 0 Å². The molecule has 1 aliphatic rings. The van der Waals surface area contributed by atoms with Crippen LogP contribution in [0, 0.1) is 0 Å². The van der Waals surface area contributed by atoms with Crippen LogP contribution in [0.15, 0.2) is 0 Å². The Morgan fingerprint density at radius 2 is 2.36 bits per heavy atom. The molecule has 3 nitrogen and oxygen atoms in total. The molecular formula is C7H14N2OS. The van der Waals surface area contributed by atoms with Crippen molar-refractivity contribution in [2.45, 2.75) is 30.6 Å². The number of thioether (sulfide) groups is 1. The molecule has 4 heteroatoms. The second-order valence-corrected chi connectivity index (χ2v) is 4.77. The van der Waals surface area contributed by atoms with Gasteiger partial charge in [-0.2, -0.15) is 11.8 Å². The van der Waals surface area contributed by atoms with Gasteiger partial charge in [0, 0.05) is 4.75 Å². The Hall–Kier alpha value is -0.220. The quantitative estimate of drug-likeness (QED) is 0.623. The van der Waals surface area contributed by atoms with Gasteiger partial charge >= 0.3 is 0 Å². The molecule has 0 spiro atoms. The van der Waals surface area contributed by atoms with E-state index in [2.05, 4.69) is 0 Å². The van der Waals surface area contributed by atoms with Gasteiger partial charge in [-0.15, -0.1) is 0 Å². The molecule has 1 rings (SSSR count). The lowest BCUT2D eigenvalue weighted by molar-refractivity contribution is -0.119. The Bertz CT molecular complexity index is 166. The molecular weight excluding hydrogens is 160 g/mol. The molecule has 0 saturated carbocycles. The van der Waals surface area contributed by atoms with Gasteiger partial charge in [0.15, 0.2) is 0 Å². The summed E-state index contributed by atoms with van der Waals surface area (Å²) in [6.45, 7) is 2.01. The Morgan fingerprint density at radius 1 is 1.73 bits per heavy atom. The van der Waals surface area contributed by atoms with Gasteiger partial charge in [-0.05, 0) is 25.5 Å². The number of carbonyl (C=O) groups excluding carboxylic acids is 1. The van der Waals surface area contributed by atoms with Crippen LogP contribution in [0.3, 0.4) is 0 Å². The summed E-state index contributed by atoms with van der Waals surface area (Å²) in [4.78, 5) is 10.8. The Balaban J connectivity index is 2.63. The maximum atomic E-state index is 10.8. The first-order valence-corrected chi connectivity index (χ1v) is 4.74. The molecule has 0 radical (unpaired) electrons. The standard InChI is InChI=1S/C7H14N2OS/c1-7(3-2-4-11-7)5(8)6(9)10/h5H,2-4,8H2,1H3,(H2,9,10). The monoisotopic (exact) mass is 174 g/mol. The lowest BCUT2D eigenvalue weighted by Gasteiger charge is -2.27. The van der Waals surface area contributed by atoms with Crippen LogP contribution in [0.5, 0.6) is 0 Å². The summed E-state index contributed by atoms with van der Waals surface area (Å²) in [6, 6.07) is -0.491. The predicted molar refractivity (Wildman–Crippen MR) is 47.3 cm³/mol. The molecule has 2 atom stereocenters.